The number of nitrogens with zero attached hydrogens (tertiary/aromatic N) is 2. The number of aromatic nitrogens is 1. The number of anilines is 1. The maximum absolute atomic E-state index is 12.9. The summed E-state index contributed by atoms with van der Waals surface area (Å²) in [5.74, 6) is -0.734. The predicted molar refractivity (Wildman–Crippen MR) is 118 cm³/mol. The van der Waals surface area contributed by atoms with Crippen molar-refractivity contribution in [3.05, 3.63) is 47.3 Å². The minimum atomic E-state index is -3.58. The van der Waals surface area contributed by atoms with Crippen molar-refractivity contribution in [1.29, 1.82) is 0 Å². The third-order valence-corrected chi connectivity index (χ3v) is 7.34. The highest BCUT2D eigenvalue weighted by atomic mass is 32.2. The van der Waals surface area contributed by atoms with Crippen molar-refractivity contribution in [1.82, 2.24) is 8.87 Å². The van der Waals surface area contributed by atoms with Crippen molar-refractivity contribution in [2.75, 3.05) is 25.0 Å². The number of carbonyl (C=O) groups excluding carboxylic acids is 2. The zero-order valence-corrected chi connectivity index (χ0v) is 19.0. The summed E-state index contributed by atoms with van der Waals surface area (Å²) in [5, 5.41) is 2.77. The number of amides is 1. The molecule has 0 saturated carbocycles. The van der Waals surface area contributed by atoms with E-state index in [4.69, 9.17) is 4.74 Å². The fourth-order valence-electron chi connectivity index (χ4n) is 3.79. The quantitative estimate of drug-likeness (QED) is 0.658. The summed E-state index contributed by atoms with van der Waals surface area (Å²) in [4.78, 5) is 24.9. The van der Waals surface area contributed by atoms with E-state index >= 15 is 0 Å². The van der Waals surface area contributed by atoms with Gasteiger partial charge >= 0.3 is 5.97 Å². The van der Waals surface area contributed by atoms with Crippen LogP contribution in [-0.4, -0.2) is 48.9 Å². The Labute approximate surface area is 183 Å². The Kier molecular flexibility index (Phi) is 7.17. The van der Waals surface area contributed by atoms with E-state index in [1.54, 1.807) is 42.7 Å². The van der Waals surface area contributed by atoms with Crippen LogP contribution < -0.4 is 5.32 Å². The molecule has 2 heterocycles. The number of sulfonamides is 1. The second-order valence-electron chi connectivity index (χ2n) is 7.63. The molecule has 3 rings (SSSR count). The van der Waals surface area contributed by atoms with Gasteiger partial charge in [-0.2, -0.15) is 4.31 Å². The Balaban J connectivity index is 1.73. The highest BCUT2D eigenvalue weighted by molar-refractivity contribution is 7.89. The number of hydrogen-bond donors (Lipinski definition) is 1. The lowest BCUT2D eigenvalue weighted by Gasteiger charge is -2.26. The molecule has 1 aliphatic rings. The lowest BCUT2D eigenvalue weighted by Crippen LogP contribution is -2.35. The molecule has 1 fully saturated rings. The van der Waals surface area contributed by atoms with E-state index in [-0.39, 0.29) is 24.0 Å². The molecule has 1 saturated heterocycles. The van der Waals surface area contributed by atoms with Crippen LogP contribution in [0, 0.1) is 13.8 Å². The molecule has 1 amide bonds. The fourth-order valence-corrected chi connectivity index (χ4v) is 5.36. The second kappa shape index (κ2) is 9.65. The zero-order chi connectivity index (χ0) is 22.6. The Morgan fingerprint density at radius 1 is 1.10 bits per heavy atom. The van der Waals surface area contributed by atoms with E-state index in [9.17, 15) is 18.0 Å². The highest BCUT2D eigenvalue weighted by Crippen LogP contribution is 2.23. The van der Waals surface area contributed by atoms with Gasteiger partial charge in [0.25, 0.3) is 0 Å². The van der Waals surface area contributed by atoms with Crippen molar-refractivity contribution >= 4 is 27.6 Å². The van der Waals surface area contributed by atoms with Gasteiger partial charge in [-0.05, 0) is 57.9 Å². The normalized spacial score (nSPS) is 14.9. The number of piperidine rings is 1. The number of benzene rings is 1. The second-order valence-corrected chi connectivity index (χ2v) is 9.57. The van der Waals surface area contributed by atoms with Gasteiger partial charge in [-0.25, -0.2) is 13.2 Å². The number of hydrogen-bond acceptors (Lipinski definition) is 5. The molecule has 8 nitrogen and oxygen atoms in total. The van der Waals surface area contributed by atoms with E-state index in [0.29, 0.717) is 30.0 Å². The third-order valence-electron chi connectivity index (χ3n) is 5.44. The standard InChI is InChI=1S/C22H29N3O5S/c1-4-30-22(27)20-13-16(2)25(17(20)3)15-21(26)23-18-9-8-10-19(14-18)31(28,29)24-11-6-5-7-12-24/h8-10,13-14H,4-7,11-12,15H2,1-3H3,(H,23,26). The predicted octanol–water partition coefficient (Wildman–Crippen LogP) is 3.09. The van der Waals surface area contributed by atoms with E-state index in [1.165, 1.54) is 10.4 Å². The first-order chi connectivity index (χ1) is 14.7. The average Bonchev–Trinajstić information content (AvgIpc) is 3.03. The van der Waals surface area contributed by atoms with E-state index in [0.717, 1.165) is 25.0 Å². The molecule has 0 atom stereocenters. The highest BCUT2D eigenvalue weighted by Gasteiger charge is 2.26. The van der Waals surface area contributed by atoms with Crippen LogP contribution in [0.25, 0.3) is 0 Å². The van der Waals surface area contributed by atoms with Crippen LogP contribution in [0.4, 0.5) is 5.69 Å². The lowest BCUT2D eigenvalue weighted by molar-refractivity contribution is -0.116. The summed E-state index contributed by atoms with van der Waals surface area (Å²) in [5.41, 5.74) is 2.25. The van der Waals surface area contributed by atoms with Gasteiger partial charge in [0.05, 0.1) is 17.1 Å². The average molecular weight is 448 g/mol. The summed E-state index contributed by atoms with van der Waals surface area (Å²) in [6, 6.07) is 8.02. The molecule has 31 heavy (non-hydrogen) atoms. The third kappa shape index (κ3) is 5.16. The zero-order valence-electron chi connectivity index (χ0n) is 18.2. The molecular formula is C22H29N3O5S. The monoisotopic (exact) mass is 447 g/mol. The van der Waals surface area contributed by atoms with Crippen LogP contribution in [0.5, 0.6) is 0 Å². The van der Waals surface area contributed by atoms with Gasteiger partial charge in [0, 0.05) is 30.2 Å². The van der Waals surface area contributed by atoms with Gasteiger partial charge < -0.3 is 14.6 Å². The summed E-state index contributed by atoms with van der Waals surface area (Å²) in [6.45, 7) is 6.64. The number of carbonyl (C=O) groups is 2. The molecule has 2 aromatic rings. The van der Waals surface area contributed by atoms with Gasteiger partial charge in [-0.3, -0.25) is 4.79 Å². The molecule has 1 N–H and O–H groups in total. The molecule has 1 aliphatic heterocycles. The first kappa shape index (κ1) is 23.0. The van der Waals surface area contributed by atoms with Crippen molar-refractivity contribution in [2.24, 2.45) is 0 Å². The topological polar surface area (TPSA) is 97.7 Å². The molecule has 0 aliphatic carbocycles. The molecule has 1 aromatic carbocycles. The Morgan fingerprint density at radius 2 is 1.81 bits per heavy atom. The number of ether oxygens (including phenoxy) is 1. The summed E-state index contributed by atoms with van der Waals surface area (Å²) < 4.78 is 34.1. The fraction of sp³-hybridized carbons (Fsp3) is 0.455. The van der Waals surface area contributed by atoms with Crippen LogP contribution in [0.3, 0.4) is 0 Å². The van der Waals surface area contributed by atoms with Crippen LogP contribution >= 0.6 is 0 Å². The maximum Gasteiger partial charge on any atom is 0.339 e. The number of nitrogens with one attached hydrogen (secondary N) is 1. The SMILES string of the molecule is CCOC(=O)c1cc(C)n(CC(=O)Nc2cccc(S(=O)(=O)N3CCCCC3)c2)c1C. The van der Waals surface area contributed by atoms with Gasteiger partial charge in [-0.15, -0.1) is 0 Å². The minimum absolute atomic E-state index is 0.000173. The molecular weight excluding hydrogens is 418 g/mol. The number of aryl methyl sites for hydroxylation is 1. The van der Waals surface area contributed by atoms with Gasteiger partial charge in [0.1, 0.15) is 6.54 Å². The maximum atomic E-state index is 12.9. The molecule has 0 radical (unpaired) electrons. The first-order valence-corrected chi connectivity index (χ1v) is 11.9. The lowest BCUT2D eigenvalue weighted by atomic mass is 10.2. The minimum Gasteiger partial charge on any atom is -0.462 e. The number of rotatable bonds is 7. The molecule has 0 spiro atoms. The van der Waals surface area contributed by atoms with Gasteiger partial charge in [0.15, 0.2) is 0 Å². The van der Waals surface area contributed by atoms with Crippen molar-refractivity contribution < 1.29 is 22.7 Å². The summed E-state index contributed by atoms with van der Waals surface area (Å²) in [7, 11) is -3.58. The van der Waals surface area contributed by atoms with Crippen molar-refractivity contribution in [3.8, 4) is 0 Å². The molecule has 9 heteroatoms. The summed E-state index contributed by atoms with van der Waals surface area (Å²) in [6.07, 6.45) is 2.76. The van der Waals surface area contributed by atoms with E-state index < -0.39 is 16.0 Å². The molecule has 0 unspecified atom stereocenters. The van der Waals surface area contributed by atoms with Gasteiger partial charge in [-0.1, -0.05) is 12.5 Å². The Bertz CT molecular complexity index is 1070. The molecule has 1 aromatic heterocycles. The summed E-state index contributed by atoms with van der Waals surface area (Å²) >= 11 is 0. The smallest absolute Gasteiger partial charge is 0.339 e. The van der Waals surface area contributed by atoms with Crippen LogP contribution in [0.2, 0.25) is 0 Å². The van der Waals surface area contributed by atoms with Gasteiger partial charge in [0.2, 0.25) is 15.9 Å². The van der Waals surface area contributed by atoms with Crippen molar-refractivity contribution in [3.63, 3.8) is 0 Å². The van der Waals surface area contributed by atoms with E-state index in [2.05, 4.69) is 5.32 Å². The van der Waals surface area contributed by atoms with Crippen LogP contribution in [0.1, 0.15) is 47.9 Å². The first-order valence-electron chi connectivity index (χ1n) is 10.5. The molecule has 0 bridgehead atoms. The van der Waals surface area contributed by atoms with Crippen LogP contribution in [0.15, 0.2) is 35.2 Å². The number of esters is 1. The van der Waals surface area contributed by atoms with Crippen LogP contribution in [-0.2, 0) is 26.1 Å². The molecule has 168 valence electrons. The van der Waals surface area contributed by atoms with Crippen molar-refractivity contribution in [2.45, 2.75) is 51.5 Å². The van der Waals surface area contributed by atoms with E-state index in [1.807, 2.05) is 6.92 Å². The Hall–Kier alpha value is -2.65. The largest absolute Gasteiger partial charge is 0.462 e. The Morgan fingerprint density at radius 3 is 2.48 bits per heavy atom.